The number of hydrogen-bond acceptors (Lipinski definition) is 6. The zero-order chi connectivity index (χ0) is 20.2. The minimum Gasteiger partial charge on any atom is -0.372 e. The number of benzene rings is 1. The van der Waals surface area contributed by atoms with Gasteiger partial charge in [-0.25, -0.2) is 0 Å². The normalized spacial score (nSPS) is 16.2. The summed E-state index contributed by atoms with van der Waals surface area (Å²) in [7, 11) is 0. The molecule has 154 valence electrons. The van der Waals surface area contributed by atoms with Gasteiger partial charge in [-0.1, -0.05) is 11.8 Å². The number of nitrogens with zero attached hydrogens (tertiary/aromatic N) is 4. The maximum Gasteiger partial charge on any atom is 0.234 e. The lowest BCUT2D eigenvalue weighted by Crippen LogP contribution is -2.18. The first-order valence-electron chi connectivity index (χ1n) is 10.1. The lowest BCUT2D eigenvalue weighted by Gasteiger charge is -2.17. The molecule has 0 spiro atoms. The molecule has 1 aromatic carbocycles. The predicted molar refractivity (Wildman–Crippen MR) is 113 cm³/mol. The highest BCUT2D eigenvalue weighted by Crippen LogP contribution is 2.39. The summed E-state index contributed by atoms with van der Waals surface area (Å²) in [5.41, 5.74) is 7.25. The Hall–Kier alpha value is -2.55. The standard InChI is InChI=1S/C20H26N6O2S/c21-17(27)9-10-18-23-24-20(26(18)16-7-8-16)29-13-19(28)22-14-3-5-15(6-4-14)25-11-1-2-12-25/h3-6,16H,1-2,7-13H2,(H2,21,27)(H,22,28). The Bertz CT molecular complexity index is 872. The molecular formula is C20H26N6O2S. The molecule has 2 fully saturated rings. The quantitative estimate of drug-likeness (QED) is 0.610. The molecule has 0 bridgehead atoms. The van der Waals surface area contributed by atoms with E-state index in [-0.39, 0.29) is 24.0 Å². The second-order valence-electron chi connectivity index (χ2n) is 7.54. The molecule has 1 aromatic heterocycles. The fourth-order valence-corrected chi connectivity index (χ4v) is 4.39. The van der Waals surface area contributed by atoms with Gasteiger partial charge in [-0.15, -0.1) is 10.2 Å². The molecule has 0 unspecified atom stereocenters. The van der Waals surface area contributed by atoms with Gasteiger partial charge >= 0.3 is 0 Å². The van der Waals surface area contributed by atoms with Crippen LogP contribution in [-0.4, -0.2) is 45.4 Å². The highest BCUT2D eigenvalue weighted by Gasteiger charge is 2.29. The average Bonchev–Trinajstić information content (AvgIpc) is 3.24. The van der Waals surface area contributed by atoms with Crippen LogP contribution in [0, 0.1) is 0 Å². The minimum atomic E-state index is -0.348. The van der Waals surface area contributed by atoms with Gasteiger partial charge in [0.05, 0.1) is 5.75 Å². The van der Waals surface area contributed by atoms with E-state index in [0.717, 1.165) is 42.6 Å². The number of primary amides is 1. The van der Waals surface area contributed by atoms with Crippen molar-refractivity contribution in [1.29, 1.82) is 0 Å². The molecule has 1 aliphatic carbocycles. The van der Waals surface area contributed by atoms with Gasteiger partial charge in [0.1, 0.15) is 5.82 Å². The minimum absolute atomic E-state index is 0.0760. The number of hydrogen-bond donors (Lipinski definition) is 2. The van der Waals surface area contributed by atoms with Crippen molar-refractivity contribution < 1.29 is 9.59 Å². The Balaban J connectivity index is 1.32. The molecule has 2 aromatic rings. The molecule has 9 heteroatoms. The lowest BCUT2D eigenvalue weighted by atomic mass is 10.2. The van der Waals surface area contributed by atoms with Crippen molar-refractivity contribution in [1.82, 2.24) is 14.8 Å². The second kappa shape index (κ2) is 8.86. The van der Waals surface area contributed by atoms with E-state index in [4.69, 9.17) is 5.73 Å². The molecule has 2 amide bonds. The van der Waals surface area contributed by atoms with Crippen LogP contribution in [0.1, 0.15) is 44.0 Å². The molecule has 2 heterocycles. The third-order valence-electron chi connectivity index (χ3n) is 5.20. The molecule has 3 N–H and O–H groups in total. The summed E-state index contributed by atoms with van der Waals surface area (Å²) in [5, 5.41) is 12.1. The van der Waals surface area contributed by atoms with E-state index < -0.39 is 0 Å². The first-order chi connectivity index (χ1) is 14.1. The van der Waals surface area contributed by atoms with E-state index >= 15 is 0 Å². The number of nitrogens with two attached hydrogens (primary N) is 1. The van der Waals surface area contributed by atoms with E-state index in [0.29, 0.717) is 12.5 Å². The zero-order valence-corrected chi connectivity index (χ0v) is 17.2. The number of aromatic nitrogens is 3. The van der Waals surface area contributed by atoms with Crippen LogP contribution in [0.25, 0.3) is 0 Å². The Kier molecular flexibility index (Phi) is 6.03. The number of thioether (sulfide) groups is 1. The van der Waals surface area contributed by atoms with Gasteiger partial charge in [-0.05, 0) is 49.9 Å². The van der Waals surface area contributed by atoms with Gasteiger partial charge in [0.25, 0.3) is 0 Å². The fourth-order valence-electron chi connectivity index (χ4n) is 3.57. The van der Waals surface area contributed by atoms with Crippen LogP contribution in [-0.2, 0) is 16.0 Å². The monoisotopic (exact) mass is 414 g/mol. The van der Waals surface area contributed by atoms with Crippen LogP contribution in [0.2, 0.25) is 0 Å². The third-order valence-corrected chi connectivity index (χ3v) is 6.14. The van der Waals surface area contributed by atoms with Crippen LogP contribution in [0.5, 0.6) is 0 Å². The number of amides is 2. The molecule has 0 atom stereocenters. The molecule has 4 rings (SSSR count). The summed E-state index contributed by atoms with van der Waals surface area (Å²) >= 11 is 1.37. The number of carbonyl (C=O) groups is 2. The average molecular weight is 415 g/mol. The summed E-state index contributed by atoms with van der Waals surface area (Å²) in [5.74, 6) is 0.605. The number of carbonyl (C=O) groups excluding carboxylic acids is 2. The largest absolute Gasteiger partial charge is 0.372 e. The molecule has 2 aliphatic rings. The third kappa shape index (κ3) is 5.09. The Morgan fingerprint density at radius 3 is 2.52 bits per heavy atom. The Morgan fingerprint density at radius 1 is 1.14 bits per heavy atom. The Morgan fingerprint density at radius 2 is 1.86 bits per heavy atom. The number of rotatable bonds is 9. The van der Waals surface area contributed by atoms with Gasteiger partial charge in [-0.3, -0.25) is 9.59 Å². The van der Waals surface area contributed by atoms with Crippen molar-refractivity contribution in [2.75, 3.05) is 29.1 Å². The van der Waals surface area contributed by atoms with Gasteiger partial charge in [0.15, 0.2) is 5.16 Å². The lowest BCUT2D eigenvalue weighted by molar-refractivity contribution is -0.118. The van der Waals surface area contributed by atoms with Gasteiger partial charge in [0.2, 0.25) is 11.8 Å². The molecule has 1 saturated carbocycles. The van der Waals surface area contributed by atoms with Gasteiger partial charge in [-0.2, -0.15) is 0 Å². The van der Waals surface area contributed by atoms with Crippen molar-refractivity contribution in [3.63, 3.8) is 0 Å². The molecule has 1 saturated heterocycles. The first-order valence-corrected chi connectivity index (χ1v) is 11.1. The predicted octanol–water partition coefficient (Wildman–Crippen LogP) is 2.36. The van der Waals surface area contributed by atoms with E-state index in [2.05, 4.69) is 37.1 Å². The van der Waals surface area contributed by atoms with Crippen molar-refractivity contribution in [3.05, 3.63) is 30.1 Å². The van der Waals surface area contributed by atoms with Crippen LogP contribution < -0.4 is 16.0 Å². The molecule has 1 aliphatic heterocycles. The van der Waals surface area contributed by atoms with Crippen LogP contribution in [0.4, 0.5) is 11.4 Å². The summed E-state index contributed by atoms with van der Waals surface area (Å²) in [6, 6.07) is 8.39. The fraction of sp³-hybridized carbons (Fsp3) is 0.500. The maximum atomic E-state index is 12.4. The number of nitrogens with one attached hydrogen (secondary N) is 1. The smallest absolute Gasteiger partial charge is 0.234 e. The number of anilines is 2. The Labute approximate surface area is 174 Å². The maximum absolute atomic E-state index is 12.4. The summed E-state index contributed by atoms with van der Waals surface area (Å²) in [6.07, 6.45) is 5.37. The van der Waals surface area contributed by atoms with Crippen LogP contribution >= 0.6 is 11.8 Å². The van der Waals surface area contributed by atoms with Crippen molar-refractivity contribution in [2.45, 2.75) is 49.7 Å². The SMILES string of the molecule is NC(=O)CCc1nnc(SCC(=O)Nc2ccc(N3CCCC3)cc2)n1C1CC1. The van der Waals surface area contributed by atoms with E-state index in [1.807, 2.05) is 12.1 Å². The molecule has 8 nitrogen and oxygen atoms in total. The summed E-state index contributed by atoms with van der Waals surface area (Å²) < 4.78 is 2.06. The van der Waals surface area contributed by atoms with E-state index in [1.165, 1.54) is 30.3 Å². The van der Waals surface area contributed by atoms with E-state index in [1.54, 1.807) is 0 Å². The van der Waals surface area contributed by atoms with Gasteiger partial charge in [0, 0.05) is 43.3 Å². The van der Waals surface area contributed by atoms with Crippen LogP contribution in [0.3, 0.4) is 0 Å². The zero-order valence-electron chi connectivity index (χ0n) is 16.3. The van der Waals surface area contributed by atoms with Crippen LogP contribution in [0.15, 0.2) is 29.4 Å². The highest BCUT2D eigenvalue weighted by molar-refractivity contribution is 7.99. The van der Waals surface area contributed by atoms with Crippen molar-refractivity contribution in [2.24, 2.45) is 5.73 Å². The molecule has 0 radical (unpaired) electrons. The highest BCUT2D eigenvalue weighted by atomic mass is 32.2. The summed E-state index contributed by atoms with van der Waals surface area (Å²) in [6.45, 7) is 2.21. The van der Waals surface area contributed by atoms with E-state index in [9.17, 15) is 9.59 Å². The topological polar surface area (TPSA) is 106 Å². The van der Waals surface area contributed by atoms with Crippen molar-refractivity contribution in [3.8, 4) is 0 Å². The second-order valence-corrected chi connectivity index (χ2v) is 8.49. The number of aryl methyl sites for hydroxylation is 1. The van der Waals surface area contributed by atoms with Crippen molar-refractivity contribution >= 4 is 35.0 Å². The molecule has 29 heavy (non-hydrogen) atoms. The molecular weight excluding hydrogens is 388 g/mol. The first kappa shape index (κ1) is 19.8. The van der Waals surface area contributed by atoms with Gasteiger partial charge < -0.3 is 20.5 Å². The summed E-state index contributed by atoms with van der Waals surface area (Å²) in [4.78, 5) is 25.8.